The van der Waals surface area contributed by atoms with Gasteiger partial charge in [-0.15, -0.1) is 0 Å². The summed E-state index contributed by atoms with van der Waals surface area (Å²) < 4.78 is 18.7. The molecule has 90 valence electrons. The summed E-state index contributed by atoms with van der Waals surface area (Å²) in [5, 5.41) is 0. The van der Waals surface area contributed by atoms with Crippen LogP contribution in [0.5, 0.6) is 5.75 Å². The van der Waals surface area contributed by atoms with E-state index in [0.717, 1.165) is 6.42 Å². The third-order valence-corrected chi connectivity index (χ3v) is 2.44. The lowest BCUT2D eigenvalue weighted by atomic mass is 9.86. The Morgan fingerprint density at radius 2 is 2.00 bits per heavy atom. The monoisotopic (exact) mass is 225 g/mol. The molecule has 0 heterocycles. The highest BCUT2D eigenvalue weighted by atomic mass is 19.1. The Kier molecular flexibility index (Phi) is 3.92. The maximum Gasteiger partial charge on any atom is 0.131 e. The maximum atomic E-state index is 13.7. The largest absolute Gasteiger partial charge is 0.497 e. The van der Waals surface area contributed by atoms with E-state index >= 15 is 0 Å². The van der Waals surface area contributed by atoms with Gasteiger partial charge in [-0.3, -0.25) is 0 Å². The number of nitrogens with two attached hydrogens (primary N) is 1. The summed E-state index contributed by atoms with van der Waals surface area (Å²) >= 11 is 0. The lowest BCUT2D eigenvalue weighted by Crippen LogP contribution is -2.19. The maximum absolute atomic E-state index is 13.7. The third kappa shape index (κ3) is 3.49. The van der Waals surface area contributed by atoms with Gasteiger partial charge in [0.15, 0.2) is 0 Å². The van der Waals surface area contributed by atoms with Gasteiger partial charge < -0.3 is 10.5 Å². The molecule has 1 atom stereocenters. The predicted molar refractivity (Wildman–Crippen MR) is 64.0 cm³/mol. The van der Waals surface area contributed by atoms with E-state index in [2.05, 4.69) is 20.8 Å². The average Bonchev–Trinajstić information content (AvgIpc) is 2.14. The van der Waals surface area contributed by atoms with Crippen LogP contribution in [0.3, 0.4) is 0 Å². The molecule has 0 bridgehead atoms. The van der Waals surface area contributed by atoms with Crippen LogP contribution in [0.15, 0.2) is 18.2 Å². The van der Waals surface area contributed by atoms with Gasteiger partial charge in [0.25, 0.3) is 0 Å². The fourth-order valence-electron chi connectivity index (χ4n) is 1.71. The van der Waals surface area contributed by atoms with Gasteiger partial charge in [-0.25, -0.2) is 4.39 Å². The first-order valence-corrected chi connectivity index (χ1v) is 5.42. The van der Waals surface area contributed by atoms with Gasteiger partial charge in [-0.05, 0) is 17.9 Å². The highest BCUT2D eigenvalue weighted by Gasteiger charge is 2.19. The summed E-state index contributed by atoms with van der Waals surface area (Å²) in [4.78, 5) is 0. The second-order valence-electron chi connectivity index (χ2n) is 5.26. The summed E-state index contributed by atoms with van der Waals surface area (Å²) in [6.07, 6.45) is 0.746. The Bertz CT molecular complexity index is 357. The van der Waals surface area contributed by atoms with Gasteiger partial charge in [-0.1, -0.05) is 26.8 Å². The minimum Gasteiger partial charge on any atom is -0.497 e. The van der Waals surface area contributed by atoms with Crippen molar-refractivity contribution in [3.05, 3.63) is 29.6 Å². The Balaban J connectivity index is 2.88. The zero-order chi connectivity index (χ0) is 12.3. The van der Waals surface area contributed by atoms with E-state index in [1.807, 2.05) is 0 Å². The lowest BCUT2D eigenvalue weighted by molar-refractivity contribution is 0.338. The molecule has 1 unspecified atom stereocenters. The molecule has 2 N–H and O–H groups in total. The fraction of sp³-hybridized carbons (Fsp3) is 0.538. The smallest absolute Gasteiger partial charge is 0.131 e. The third-order valence-electron chi connectivity index (χ3n) is 2.44. The number of benzene rings is 1. The van der Waals surface area contributed by atoms with Crippen LogP contribution in [0.2, 0.25) is 0 Å². The van der Waals surface area contributed by atoms with Crippen molar-refractivity contribution < 1.29 is 9.13 Å². The van der Waals surface area contributed by atoms with Crippen LogP contribution in [0.4, 0.5) is 4.39 Å². The van der Waals surface area contributed by atoms with Crippen molar-refractivity contribution in [1.29, 1.82) is 0 Å². The number of ether oxygens (including phenoxy) is 1. The normalized spacial score (nSPS) is 13.6. The first-order chi connectivity index (χ1) is 7.33. The molecule has 0 saturated heterocycles. The average molecular weight is 225 g/mol. The summed E-state index contributed by atoms with van der Waals surface area (Å²) in [6.45, 7) is 6.27. The number of hydrogen-bond donors (Lipinski definition) is 1. The van der Waals surface area contributed by atoms with Gasteiger partial charge in [-0.2, -0.15) is 0 Å². The molecule has 0 aromatic heterocycles. The van der Waals surface area contributed by atoms with E-state index in [0.29, 0.717) is 11.3 Å². The standard InChI is InChI=1S/C13H20FNO/c1-13(2,3)8-12(15)10-6-5-9(16-4)7-11(10)14/h5-7,12H,8,15H2,1-4H3. The minimum absolute atomic E-state index is 0.0891. The molecular weight excluding hydrogens is 205 g/mol. The number of methoxy groups -OCH3 is 1. The molecular formula is C13H20FNO. The molecule has 0 radical (unpaired) electrons. The van der Waals surface area contributed by atoms with Gasteiger partial charge in [0.1, 0.15) is 11.6 Å². The Morgan fingerprint density at radius 3 is 2.44 bits per heavy atom. The van der Waals surface area contributed by atoms with Gasteiger partial charge in [0, 0.05) is 17.7 Å². The fourth-order valence-corrected chi connectivity index (χ4v) is 1.71. The lowest BCUT2D eigenvalue weighted by Gasteiger charge is -2.23. The molecule has 0 aliphatic rings. The molecule has 3 heteroatoms. The number of rotatable bonds is 3. The molecule has 0 saturated carbocycles. The summed E-state index contributed by atoms with van der Waals surface area (Å²) in [5.74, 6) is 0.223. The van der Waals surface area contributed by atoms with E-state index in [1.54, 1.807) is 12.1 Å². The summed E-state index contributed by atoms with van der Waals surface area (Å²) in [5.41, 5.74) is 6.63. The Labute approximate surface area is 96.6 Å². The van der Waals surface area contributed by atoms with Crippen molar-refractivity contribution in [2.24, 2.45) is 11.1 Å². The van der Waals surface area contributed by atoms with E-state index in [9.17, 15) is 4.39 Å². The molecule has 1 rings (SSSR count). The van der Waals surface area contributed by atoms with Crippen molar-refractivity contribution in [2.45, 2.75) is 33.2 Å². The molecule has 16 heavy (non-hydrogen) atoms. The van der Waals surface area contributed by atoms with Gasteiger partial charge in [0.05, 0.1) is 7.11 Å². The van der Waals surface area contributed by atoms with Crippen LogP contribution in [-0.2, 0) is 0 Å². The van der Waals surface area contributed by atoms with Crippen molar-refractivity contribution >= 4 is 0 Å². The summed E-state index contributed by atoms with van der Waals surface area (Å²) in [6, 6.07) is 4.54. The quantitative estimate of drug-likeness (QED) is 0.856. The highest BCUT2D eigenvalue weighted by molar-refractivity contribution is 5.30. The van der Waals surface area contributed by atoms with Crippen LogP contribution in [-0.4, -0.2) is 7.11 Å². The molecule has 0 aliphatic heterocycles. The zero-order valence-corrected chi connectivity index (χ0v) is 10.4. The van der Waals surface area contributed by atoms with Crippen LogP contribution >= 0.6 is 0 Å². The number of hydrogen-bond acceptors (Lipinski definition) is 2. The Hall–Kier alpha value is -1.09. The highest BCUT2D eigenvalue weighted by Crippen LogP contribution is 2.30. The minimum atomic E-state index is -0.295. The van der Waals surface area contributed by atoms with Crippen molar-refractivity contribution in [2.75, 3.05) is 7.11 Å². The van der Waals surface area contributed by atoms with E-state index in [-0.39, 0.29) is 17.3 Å². The van der Waals surface area contributed by atoms with Gasteiger partial charge >= 0.3 is 0 Å². The molecule has 0 fully saturated rings. The molecule has 0 amide bonds. The molecule has 0 aliphatic carbocycles. The zero-order valence-electron chi connectivity index (χ0n) is 10.4. The van der Waals surface area contributed by atoms with Crippen LogP contribution < -0.4 is 10.5 Å². The first kappa shape index (κ1) is 13.0. The topological polar surface area (TPSA) is 35.2 Å². The molecule has 0 spiro atoms. The van der Waals surface area contributed by atoms with Gasteiger partial charge in [0.2, 0.25) is 0 Å². The van der Waals surface area contributed by atoms with Crippen LogP contribution in [0, 0.1) is 11.2 Å². The number of halogens is 1. The molecule has 2 nitrogen and oxygen atoms in total. The second-order valence-corrected chi connectivity index (χ2v) is 5.26. The van der Waals surface area contributed by atoms with E-state index in [1.165, 1.54) is 13.2 Å². The first-order valence-electron chi connectivity index (χ1n) is 5.42. The Morgan fingerprint density at radius 1 is 1.38 bits per heavy atom. The van der Waals surface area contributed by atoms with E-state index in [4.69, 9.17) is 10.5 Å². The SMILES string of the molecule is COc1ccc(C(N)CC(C)(C)C)c(F)c1. The molecule has 1 aromatic carbocycles. The second kappa shape index (κ2) is 4.83. The van der Waals surface area contributed by atoms with E-state index < -0.39 is 0 Å². The van der Waals surface area contributed by atoms with Crippen molar-refractivity contribution in [3.8, 4) is 5.75 Å². The van der Waals surface area contributed by atoms with Crippen molar-refractivity contribution in [1.82, 2.24) is 0 Å². The molecule has 1 aromatic rings. The van der Waals surface area contributed by atoms with Crippen LogP contribution in [0.1, 0.15) is 38.8 Å². The van der Waals surface area contributed by atoms with Crippen molar-refractivity contribution in [3.63, 3.8) is 0 Å². The predicted octanol–water partition coefficient (Wildman–Crippen LogP) is 3.27. The van der Waals surface area contributed by atoms with Crippen LogP contribution in [0.25, 0.3) is 0 Å². The summed E-state index contributed by atoms with van der Waals surface area (Å²) in [7, 11) is 1.52.